The Morgan fingerprint density at radius 3 is 2.69 bits per heavy atom. The molecule has 8 heteroatoms. The van der Waals surface area contributed by atoms with Crippen LogP contribution in [0.3, 0.4) is 0 Å². The van der Waals surface area contributed by atoms with Crippen LogP contribution in [0.2, 0.25) is 0 Å². The lowest BCUT2D eigenvalue weighted by atomic mass is 9.91. The number of hydrogen-bond donors (Lipinski definition) is 2. The normalized spacial score (nSPS) is 15.4. The molecule has 0 fully saturated rings. The van der Waals surface area contributed by atoms with Gasteiger partial charge in [0.05, 0.1) is 0 Å². The molecule has 2 atom stereocenters. The van der Waals surface area contributed by atoms with Crippen LogP contribution in [-0.2, 0) is 22.4 Å². The van der Waals surface area contributed by atoms with Gasteiger partial charge in [-0.25, -0.2) is 9.59 Å². The van der Waals surface area contributed by atoms with E-state index in [1.54, 1.807) is 19.1 Å². The van der Waals surface area contributed by atoms with E-state index < -0.39 is 24.0 Å². The van der Waals surface area contributed by atoms with Crippen LogP contribution in [0.1, 0.15) is 37.3 Å². The van der Waals surface area contributed by atoms with Gasteiger partial charge in [0.15, 0.2) is 6.10 Å². The van der Waals surface area contributed by atoms with Crippen LogP contribution >= 0.6 is 11.8 Å². The van der Waals surface area contributed by atoms with Gasteiger partial charge >= 0.3 is 11.6 Å². The molecule has 1 aromatic carbocycles. The van der Waals surface area contributed by atoms with Crippen molar-refractivity contribution in [2.75, 3.05) is 12.0 Å². The maximum Gasteiger partial charge on any atom is 0.339 e. The fraction of sp³-hybridized carbons (Fsp3) is 0.476. The molecule has 1 aromatic heterocycles. The number of rotatable bonds is 8. The monoisotopic (exact) mass is 419 g/mol. The molecule has 1 heterocycles. The number of benzene rings is 1. The quantitative estimate of drug-likeness (QED) is 0.634. The summed E-state index contributed by atoms with van der Waals surface area (Å²) >= 11 is 1.52. The van der Waals surface area contributed by atoms with E-state index in [9.17, 15) is 19.5 Å². The highest BCUT2D eigenvalue weighted by Gasteiger charge is 2.24. The molecule has 0 spiro atoms. The van der Waals surface area contributed by atoms with Gasteiger partial charge in [0, 0.05) is 17.0 Å². The second-order valence-corrected chi connectivity index (χ2v) is 8.14. The van der Waals surface area contributed by atoms with Crippen molar-refractivity contribution in [2.45, 2.75) is 51.2 Å². The molecule has 29 heavy (non-hydrogen) atoms. The molecular weight excluding hydrogens is 394 g/mol. The van der Waals surface area contributed by atoms with E-state index in [1.165, 1.54) is 11.8 Å². The fourth-order valence-electron chi connectivity index (χ4n) is 3.54. The molecule has 0 bridgehead atoms. The second-order valence-electron chi connectivity index (χ2n) is 7.15. The zero-order valence-electron chi connectivity index (χ0n) is 16.5. The molecule has 2 aromatic rings. The minimum Gasteiger partial charge on any atom is -0.481 e. The molecule has 0 unspecified atom stereocenters. The Kier molecular flexibility index (Phi) is 6.84. The van der Waals surface area contributed by atoms with Gasteiger partial charge in [-0.1, -0.05) is 0 Å². The zero-order chi connectivity index (χ0) is 21.0. The molecule has 1 aliphatic carbocycles. The van der Waals surface area contributed by atoms with Gasteiger partial charge < -0.3 is 19.6 Å². The molecule has 2 N–H and O–H groups in total. The number of hydrogen-bond acceptors (Lipinski definition) is 6. The SMILES string of the molecule is CSCC[C@H](NC(=O)[C@@H](C)Oc1ccc2c3c(c(=O)oc2c1)CCCC3)C(=O)O. The van der Waals surface area contributed by atoms with Gasteiger partial charge in [-0.3, -0.25) is 4.79 Å². The number of thioether (sulfide) groups is 1. The van der Waals surface area contributed by atoms with E-state index in [0.29, 0.717) is 23.5 Å². The first-order valence-corrected chi connectivity index (χ1v) is 11.1. The van der Waals surface area contributed by atoms with Crippen LogP contribution in [-0.4, -0.2) is 41.1 Å². The summed E-state index contributed by atoms with van der Waals surface area (Å²) in [5, 5.41) is 12.7. The Balaban J connectivity index is 1.74. The Morgan fingerprint density at radius 2 is 2.00 bits per heavy atom. The van der Waals surface area contributed by atoms with Crippen LogP contribution in [0.4, 0.5) is 0 Å². The number of amides is 1. The lowest BCUT2D eigenvalue weighted by Gasteiger charge is -2.19. The third kappa shape index (κ3) is 4.93. The second kappa shape index (κ2) is 9.35. The Morgan fingerprint density at radius 1 is 1.28 bits per heavy atom. The number of fused-ring (bicyclic) bond motifs is 3. The predicted octanol–water partition coefficient (Wildman–Crippen LogP) is 2.76. The van der Waals surface area contributed by atoms with E-state index in [1.807, 2.05) is 12.3 Å². The van der Waals surface area contributed by atoms with Gasteiger partial charge in [0.1, 0.15) is 17.4 Å². The summed E-state index contributed by atoms with van der Waals surface area (Å²) in [6.45, 7) is 1.55. The number of carboxylic acids is 1. The van der Waals surface area contributed by atoms with Gasteiger partial charge in [-0.2, -0.15) is 11.8 Å². The van der Waals surface area contributed by atoms with E-state index in [4.69, 9.17) is 9.15 Å². The lowest BCUT2D eigenvalue weighted by Crippen LogP contribution is -2.46. The van der Waals surface area contributed by atoms with Crippen molar-refractivity contribution in [3.05, 3.63) is 39.7 Å². The van der Waals surface area contributed by atoms with Gasteiger partial charge in [0.25, 0.3) is 5.91 Å². The van der Waals surface area contributed by atoms with Crippen molar-refractivity contribution in [1.82, 2.24) is 5.32 Å². The molecule has 1 aliphatic rings. The van der Waals surface area contributed by atoms with Crippen molar-refractivity contribution in [3.63, 3.8) is 0 Å². The highest BCUT2D eigenvalue weighted by molar-refractivity contribution is 7.98. The van der Waals surface area contributed by atoms with Crippen molar-refractivity contribution in [2.24, 2.45) is 0 Å². The van der Waals surface area contributed by atoms with E-state index in [2.05, 4.69) is 5.32 Å². The molecule has 3 rings (SSSR count). The Bertz CT molecular complexity index is 970. The summed E-state index contributed by atoms with van der Waals surface area (Å²) in [5.74, 6) is -0.571. The van der Waals surface area contributed by atoms with E-state index in [0.717, 1.165) is 42.2 Å². The van der Waals surface area contributed by atoms with Crippen LogP contribution in [0, 0.1) is 0 Å². The van der Waals surface area contributed by atoms with Gasteiger partial charge in [-0.15, -0.1) is 0 Å². The summed E-state index contributed by atoms with van der Waals surface area (Å²) in [6.07, 6.45) is 4.94. The summed E-state index contributed by atoms with van der Waals surface area (Å²) in [6, 6.07) is 4.24. The summed E-state index contributed by atoms with van der Waals surface area (Å²) in [7, 11) is 0. The lowest BCUT2D eigenvalue weighted by molar-refractivity contribution is -0.142. The molecular formula is C21H25NO6S. The number of carbonyl (C=O) groups excluding carboxylic acids is 1. The van der Waals surface area contributed by atoms with Crippen LogP contribution in [0.5, 0.6) is 5.75 Å². The molecule has 7 nitrogen and oxygen atoms in total. The van der Waals surface area contributed by atoms with Crippen LogP contribution < -0.4 is 15.7 Å². The molecule has 0 saturated carbocycles. The molecule has 0 aliphatic heterocycles. The number of carboxylic acid groups (broad SMARTS) is 1. The number of carbonyl (C=O) groups is 2. The minimum atomic E-state index is -1.07. The van der Waals surface area contributed by atoms with Crippen molar-refractivity contribution in [1.29, 1.82) is 0 Å². The third-order valence-corrected chi connectivity index (χ3v) is 5.75. The van der Waals surface area contributed by atoms with Crippen LogP contribution in [0.15, 0.2) is 27.4 Å². The van der Waals surface area contributed by atoms with Crippen molar-refractivity contribution in [3.8, 4) is 5.75 Å². The van der Waals surface area contributed by atoms with Crippen molar-refractivity contribution < 1.29 is 23.8 Å². The fourth-order valence-corrected chi connectivity index (χ4v) is 4.01. The average molecular weight is 419 g/mol. The van der Waals surface area contributed by atoms with Crippen LogP contribution in [0.25, 0.3) is 11.0 Å². The van der Waals surface area contributed by atoms with Gasteiger partial charge in [-0.05, 0) is 68.7 Å². The smallest absolute Gasteiger partial charge is 0.339 e. The zero-order valence-corrected chi connectivity index (χ0v) is 17.3. The third-order valence-electron chi connectivity index (χ3n) is 5.10. The Hall–Kier alpha value is -2.48. The highest BCUT2D eigenvalue weighted by atomic mass is 32.2. The van der Waals surface area contributed by atoms with Gasteiger partial charge in [0.2, 0.25) is 0 Å². The molecule has 156 valence electrons. The minimum absolute atomic E-state index is 0.312. The maximum absolute atomic E-state index is 12.4. The molecule has 1 amide bonds. The largest absolute Gasteiger partial charge is 0.481 e. The highest BCUT2D eigenvalue weighted by Crippen LogP contribution is 2.29. The standard InChI is InChI=1S/C21H25NO6S/c1-12(19(23)22-17(20(24)25)9-10-29-2)27-13-7-8-15-14-5-3-4-6-16(14)21(26)28-18(15)11-13/h7-8,11-12,17H,3-6,9-10H2,1-2H3,(H,22,23)(H,24,25)/t12-,17+/m1/s1. The maximum atomic E-state index is 12.4. The summed E-state index contributed by atoms with van der Waals surface area (Å²) in [5.41, 5.74) is 1.92. The summed E-state index contributed by atoms with van der Waals surface area (Å²) in [4.78, 5) is 35.9. The first-order valence-electron chi connectivity index (χ1n) is 9.68. The number of ether oxygens (including phenoxy) is 1. The Labute approximate surface area is 172 Å². The topological polar surface area (TPSA) is 106 Å². The van der Waals surface area contributed by atoms with E-state index in [-0.39, 0.29) is 5.63 Å². The predicted molar refractivity (Wildman–Crippen MR) is 112 cm³/mol. The van der Waals surface area contributed by atoms with Crippen molar-refractivity contribution >= 4 is 34.6 Å². The first kappa shape index (κ1) is 21.2. The molecule has 0 saturated heterocycles. The van der Waals surface area contributed by atoms with E-state index >= 15 is 0 Å². The number of aryl methyl sites for hydroxylation is 1. The first-order chi connectivity index (χ1) is 13.9. The number of nitrogens with one attached hydrogen (secondary N) is 1. The number of aliphatic carboxylic acids is 1. The molecule has 0 radical (unpaired) electrons. The summed E-state index contributed by atoms with van der Waals surface area (Å²) < 4.78 is 11.1. The average Bonchev–Trinajstić information content (AvgIpc) is 2.70.